The van der Waals surface area contributed by atoms with E-state index in [0.717, 1.165) is 11.1 Å². The Morgan fingerprint density at radius 3 is 2.56 bits per heavy atom. The molecule has 0 spiro atoms. The summed E-state index contributed by atoms with van der Waals surface area (Å²) >= 11 is 6.13. The molecule has 1 fully saturated rings. The molecular weight excluding hydrogens is 518 g/mol. The molecule has 3 aromatic rings. The number of benzene rings is 2. The summed E-state index contributed by atoms with van der Waals surface area (Å²) in [5, 5.41) is 3.37. The van der Waals surface area contributed by atoms with E-state index in [4.69, 9.17) is 20.8 Å². The van der Waals surface area contributed by atoms with Crippen molar-refractivity contribution in [3.8, 4) is 11.3 Å². The van der Waals surface area contributed by atoms with Gasteiger partial charge in [0.1, 0.15) is 17.1 Å². The van der Waals surface area contributed by atoms with Gasteiger partial charge < -0.3 is 24.3 Å². The molecule has 0 radical (unpaired) electrons. The lowest BCUT2D eigenvalue weighted by molar-refractivity contribution is -0.110. The Balaban J connectivity index is 1.30. The van der Waals surface area contributed by atoms with Crippen LogP contribution in [0.25, 0.3) is 23.0 Å². The van der Waals surface area contributed by atoms with Crippen LogP contribution in [-0.4, -0.2) is 59.5 Å². The number of carbonyl (C=O) groups is 3. The van der Waals surface area contributed by atoms with E-state index in [1.807, 2.05) is 39.0 Å². The van der Waals surface area contributed by atoms with E-state index in [0.29, 0.717) is 66.0 Å². The van der Waals surface area contributed by atoms with Crippen LogP contribution in [0.2, 0.25) is 5.02 Å². The minimum Gasteiger partial charge on any atom is -0.457 e. The van der Waals surface area contributed by atoms with Crippen LogP contribution in [-0.2, 0) is 9.53 Å². The largest absolute Gasteiger partial charge is 0.457 e. The summed E-state index contributed by atoms with van der Waals surface area (Å²) < 4.78 is 11.5. The maximum absolute atomic E-state index is 13.4. The van der Waals surface area contributed by atoms with E-state index in [1.165, 1.54) is 0 Å². The van der Waals surface area contributed by atoms with Crippen molar-refractivity contribution in [2.24, 2.45) is 0 Å². The summed E-state index contributed by atoms with van der Waals surface area (Å²) in [4.78, 5) is 41.8. The molecule has 5 rings (SSSR count). The van der Waals surface area contributed by atoms with Gasteiger partial charge in [-0.2, -0.15) is 0 Å². The highest BCUT2D eigenvalue weighted by Crippen LogP contribution is 2.35. The fourth-order valence-electron chi connectivity index (χ4n) is 4.65. The fraction of sp³-hybridized carbons (Fsp3) is 0.300. The maximum atomic E-state index is 13.4. The molecule has 3 amide bonds. The van der Waals surface area contributed by atoms with Gasteiger partial charge in [0.15, 0.2) is 0 Å². The van der Waals surface area contributed by atoms with Gasteiger partial charge in [0.25, 0.3) is 11.8 Å². The number of hydrogen-bond acceptors (Lipinski definition) is 5. The minimum absolute atomic E-state index is 0.104. The fourth-order valence-corrected chi connectivity index (χ4v) is 4.82. The maximum Gasteiger partial charge on any atom is 0.410 e. The van der Waals surface area contributed by atoms with Crippen LogP contribution in [0.15, 0.2) is 59.0 Å². The first kappa shape index (κ1) is 26.6. The first-order valence-electron chi connectivity index (χ1n) is 12.9. The number of anilines is 1. The zero-order valence-electron chi connectivity index (χ0n) is 22.1. The number of nitrogens with zero attached hydrogens (tertiary/aromatic N) is 2. The summed E-state index contributed by atoms with van der Waals surface area (Å²) in [5.74, 6) is 0.760. The second kappa shape index (κ2) is 10.6. The number of fused-ring (bicyclic) bond motifs is 1. The van der Waals surface area contributed by atoms with Crippen LogP contribution in [0.5, 0.6) is 0 Å². The Hall–Kier alpha value is -4.04. The Morgan fingerprint density at radius 1 is 1.00 bits per heavy atom. The Labute approximate surface area is 232 Å². The predicted octanol–water partition coefficient (Wildman–Crippen LogP) is 6.18. The van der Waals surface area contributed by atoms with Crippen molar-refractivity contribution in [3.63, 3.8) is 0 Å². The van der Waals surface area contributed by atoms with E-state index in [-0.39, 0.29) is 17.9 Å². The number of amides is 3. The van der Waals surface area contributed by atoms with Crippen LogP contribution in [0, 0.1) is 0 Å². The summed E-state index contributed by atoms with van der Waals surface area (Å²) in [6, 6.07) is 16.1. The van der Waals surface area contributed by atoms with Gasteiger partial charge in [-0.15, -0.1) is 0 Å². The second-order valence-electron chi connectivity index (χ2n) is 10.6. The standard InChI is InChI=1S/C30H30ClN3O5/c1-30(2,3)39-29(37)34-13-5-12-33(14-15-34)28(36)20-7-4-6-19(16-20)26-11-9-22(38-26)18-24-23-17-21(31)8-10-25(23)32-27(24)35/h4,6-11,16-18H,5,12-15H2,1-3H3,(H,32,35). The van der Waals surface area contributed by atoms with E-state index in [2.05, 4.69) is 5.32 Å². The average Bonchev–Trinajstić information content (AvgIpc) is 3.37. The normalized spacial score (nSPS) is 16.6. The van der Waals surface area contributed by atoms with Crippen LogP contribution in [0.3, 0.4) is 0 Å². The highest BCUT2D eigenvalue weighted by molar-refractivity contribution is 6.36. The molecule has 0 bridgehead atoms. The molecule has 1 aromatic heterocycles. The van der Waals surface area contributed by atoms with Gasteiger partial charge in [0, 0.05) is 53.6 Å². The Kier molecular flexibility index (Phi) is 7.23. The molecule has 3 heterocycles. The van der Waals surface area contributed by atoms with Crippen LogP contribution < -0.4 is 5.32 Å². The molecule has 0 saturated carbocycles. The molecule has 1 saturated heterocycles. The lowest BCUT2D eigenvalue weighted by Gasteiger charge is -2.26. The van der Waals surface area contributed by atoms with Crippen LogP contribution in [0.1, 0.15) is 48.9 Å². The van der Waals surface area contributed by atoms with Crippen molar-refractivity contribution in [1.29, 1.82) is 0 Å². The highest BCUT2D eigenvalue weighted by Gasteiger charge is 2.27. The van der Waals surface area contributed by atoms with Crippen molar-refractivity contribution >= 4 is 46.8 Å². The predicted molar refractivity (Wildman–Crippen MR) is 150 cm³/mol. The first-order valence-corrected chi connectivity index (χ1v) is 13.3. The number of carbonyl (C=O) groups excluding carboxylic acids is 3. The minimum atomic E-state index is -0.566. The molecular formula is C30H30ClN3O5. The first-order chi connectivity index (χ1) is 18.6. The van der Waals surface area contributed by atoms with Crippen molar-refractivity contribution in [1.82, 2.24) is 9.80 Å². The Bertz CT molecular complexity index is 1470. The third kappa shape index (κ3) is 6.01. The molecule has 2 aliphatic heterocycles. The number of nitrogens with one attached hydrogen (secondary N) is 1. The molecule has 2 aliphatic rings. The zero-order valence-corrected chi connectivity index (χ0v) is 22.9. The molecule has 0 atom stereocenters. The SMILES string of the molecule is CC(C)(C)OC(=O)N1CCCN(C(=O)c2cccc(-c3ccc(C=C4C(=O)Nc5ccc(Cl)cc54)o3)c2)CC1. The average molecular weight is 548 g/mol. The van der Waals surface area contributed by atoms with Crippen molar-refractivity contribution in [2.45, 2.75) is 32.8 Å². The lowest BCUT2D eigenvalue weighted by Crippen LogP contribution is -2.40. The molecule has 39 heavy (non-hydrogen) atoms. The number of halogens is 1. The van der Waals surface area contributed by atoms with Gasteiger partial charge in [-0.25, -0.2) is 4.79 Å². The quantitative estimate of drug-likeness (QED) is 0.396. The van der Waals surface area contributed by atoms with E-state index >= 15 is 0 Å². The number of hydrogen-bond donors (Lipinski definition) is 1. The lowest BCUT2D eigenvalue weighted by atomic mass is 10.1. The Morgan fingerprint density at radius 2 is 1.77 bits per heavy atom. The van der Waals surface area contributed by atoms with Gasteiger partial charge in [-0.3, -0.25) is 9.59 Å². The topological polar surface area (TPSA) is 92.1 Å². The van der Waals surface area contributed by atoms with Crippen molar-refractivity contribution in [3.05, 3.63) is 76.5 Å². The van der Waals surface area contributed by atoms with E-state index < -0.39 is 5.60 Å². The van der Waals surface area contributed by atoms with Gasteiger partial charge in [-0.1, -0.05) is 23.7 Å². The molecule has 1 N–H and O–H groups in total. The smallest absolute Gasteiger partial charge is 0.410 e. The number of ether oxygens (including phenoxy) is 1. The number of rotatable bonds is 3. The van der Waals surface area contributed by atoms with E-state index in [1.54, 1.807) is 52.3 Å². The summed E-state index contributed by atoms with van der Waals surface area (Å²) in [6.45, 7) is 7.44. The summed E-state index contributed by atoms with van der Waals surface area (Å²) in [5.41, 5.74) is 2.61. The van der Waals surface area contributed by atoms with E-state index in [9.17, 15) is 14.4 Å². The zero-order chi connectivity index (χ0) is 27.7. The van der Waals surface area contributed by atoms with Gasteiger partial charge in [0.05, 0.1) is 5.57 Å². The van der Waals surface area contributed by atoms with Crippen molar-refractivity contribution in [2.75, 3.05) is 31.5 Å². The molecule has 8 nitrogen and oxygen atoms in total. The molecule has 0 aliphatic carbocycles. The van der Waals surface area contributed by atoms with Crippen molar-refractivity contribution < 1.29 is 23.5 Å². The third-order valence-electron chi connectivity index (χ3n) is 6.51. The van der Waals surface area contributed by atoms with Gasteiger partial charge in [0.2, 0.25) is 0 Å². The number of furan rings is 1. The summed E-state index contributed by atoms with van der Waals surface area (Å²) in [6.07, 6.45) is 2.00. The molecule has 0 unspecified atom stereocenters. The molecule has 2 aromatic carbocycles. The highest BCUT2D eigenvalue weighted by atomic mass is 35.5. The van der Waals surface area contributed by atoms with Gasteiger partial charge >= 0.3 is 6.09 Å². The summed E-state index contributed by atoms with van der Waals surface area (Å²) in [7, 11) is 0. The molecule has 9 heteroatoms. The van der Waals surface area contributed by atoms with Crippen LogP contribution in [0.4, 0.5) is 10.5 Å². The molecule has 202 valence electrons. The monoisotopic (exact) mass is 547 g/mol. The second-order valence-corrected chi connectivity index (χ2v) is 11.0. The van der Waals surface area contributed by atoms with Crippen LogP contribution >= 0.6 is 11.6 Å². The van der Waals surface area contributed by atoms with Gasteiger partial charge in [-0.05, 0) is 75.7 Å². The third-order valence-corrected chi connectivity index (χ3v) is 6.74.